The van der Waals surface area contributed by atoms with Crippen LogP contribution in [0, 0.1) is 6.92 Å². The van der Waals surface area contributed by atoms with Crippen LogP contribution in [0.4, 0.5) is 15.6 Å². The number of aromatic nitrogens is 1. The number of anilines is 2. The highest BCUT2D eigenvalue weighted by Gasteiger charge is 2.16. The number of carbonyl (C=O) groups is 2. The van der Waals surface area contributed by atoms with Gasteiger partial charge in [-0.2, -0.15) is 0 Å². The Balaban J connectivity index is 1.43. The third kappa shape index (κ3) is 5.53. The Morgan fingerprint density at radius 2 is 2.08 bits per heavy atom. The van der Waals surface area contributed by atoms with Crippen molar-refractivity contribution in [1.29, 1.82) is 0 Å². The normalized spacial score (nSPS) is 16.3. The minimum atomic E-state index is -0.363. The van der Waals surface area contributed by atoms with E-state index < -0.39 is 0 Å². The largest absolute Gasteiger partial charge is 0.376 e. The smallest absolute Gasteiger partial charge is 0.325 e. The van der Waals surface area contributed by atoms with Gasteiger partial charge in [-0.15, -0.1) is 11.3 Å². The van der Waals surface area contributed by atoms with Crippen molar-refractivity contribution in [3.8, 4) is 0 Å². The van der Waals surface area contributed by atoms with Gasteiger partial charge >= 0.3 is 6.03 Å². The van der Waals surface area contributed by atoms with Crippen LogP contribution in [0.5, 0.6) is 0 Å². The molecule has 3 N–H and O–H groups in total. The van der Waals surface area contributed by atoms with Gasteiger partial charge in [0.2, 0.25) is 5.91 Å². The molecule has 8 heteroatoms. The summed E-state index contributed by atoms with van der Waals surface area (Å²) in [4.78, 5) is 28.2. The van der Waals surface area contributed by atoms with E-state index >= 15 is 0 Å². The summed E-state index contributed by atoms with van der Waals surface area (Å²) in [6.45, 7) is 3.29. The lowest BCUT2D eigenvalue weighted by Crippen LogP contribution is -2.32. The predicted octanol–water partition coefficient (Wildman–Crippen LogP) is 2.93. The monoisotopic (exact) mass is 374 g/mol. The molecule has 3 rings (SSSR count). The van der Waals surface area contributed by atoms with Crippen LogP contribution in [0.25, 0.3) is 0 Å². The molecule has 0 unspecified atom stereocenters. The maximum absolute atomic E-state index is 12.0. The summed E-state index contributed by atoms with van der Waals surface area (Å²) in [5.74, 6) is -0.0959. The fourth-order valence-electron chi connectivity index (χ4n) is 2.60. The van der Waals surface area contributed by atoms with E-state index in [4.69, 9.17) is 4.74 Å². The second kappa shape index (κ2) is 8.77. The lowest BCUT2D eigenvalue weighted by atomic mass is 10.2. The molecule has 1 atom stereocenters. The van der Waals surface area contributed by atoms with Crippen molar-refractivity contribution in [2.45, 2.75) is 32.3 Å². The van der Waals surface area contributed by atoms with Crippen LogP contribution in [-0.2, 0) is 16.0 Å². The predicted molar refractivity (Wildman–Crippen MR) is 102 cm³/mol. The summed E-state index contributed by atoms with van der Waals surface area (Å²) in [7, 11) is 0. The van der Waals surface area contributed by atoms with Crippen LogP contribution in [0.1, 0.15) is 24.1 Å². The van der Waals surface area contributed by atoms with Crippen molar-refractivity contribution >= 4 is 34.1 Å². The van der Waals surface area contributed by atoms with Gasteiger partial charge in [-0.05, 0) is 31.9 Å². The van der Waals surface area contributed by atoms with Gasteiger partial charge in [0.15, 0.2) is 5.13 Å². The zero-order valence-corrected chi connectivity index (χ0v) is 15.4. The Morgan fingerprint density at radius 3 is 2.81 bits per heavy atom. The van der Waals surface area contributed by atoms with E-state index in [0.717, 1.165) is 25.0 Å². The van der Waals surface area contributed by atoms with E-state index in [1.807, 2.05) is 31.2 Å². The fourth-order valence-corrected chi connectivity index (χ4v) is 3.31. The average molecular weight is 374 g/mol. The quantitative estimate of drug-likeness (QED) is 0.725. The molecule has 7 nitrogen and oxygen atoms in total. The van der Waals surface area contributed by atoms with Crippen molar-refractivity contribution in [2.75, 3.05) is 23.8 Å². The summed E-state index contributed by atoms with van der Waals surface area (Å²) in [6.07, 6.45) is 2.34. The number of thiazole rings is 1. The molecule has 3 amide bonds. The minimum absolute atomic E-state index is 0.0959. The van der Waals surface area contributed by atoms with Crippen LogP contribution in [-0.4, -0.2) is 36.2 Å². The number of benzene rings is 1. The molecule has 26 heavy (non-hydrogen) atoms. The zero-order chi connectivity index (χ0) is 18.4. The number of carbonyl (C=O) groups excluding carboxylic acids is 2. The minimum Gasteiger partial charge on any atom is -0.376 e. The third-order valence-electron chi connectivity index (χ3n) is 3.97. The topological polar surface area (TPSA) is 92.4 Å². The Labute approximate surface area is 156 Å². The maximum atomic E-state index is 12.0. The molecule has 1 fully saturated rings. The van der Waals surface area contributed by atoms with Gasteiger partial charge in [-0.25, -0.2) is 9.78 Å². The van der Waals surface area contributed by atoms with Crippen LogP contribution >= 0.6 is 11.3 Å². The van der Waals surface area contributed by atoms with Gasteiger partial charge in [0, 0.05) is 24.2 Å². The van der Waals surface area contributed by atoms with E-state index in [-0.39, 0.29) is 24.5 Å². The second-order valence-corrected chi connectivity index (χ2v) is 7.06. The Hall–Kier alpha value is -2.45. The molecule has 2 heterocycles. The average Bonchev–Trinajstić information content (AvgIpc) is 3.27. The van der Waals surface area contributed by atoms with E-state index in [2.05, 4.69) is 20.9 Å². The second-order valence-electron chi connectivity index (χ2n) is 6.21. The van der Waals surface area contributed by atoms with Crippen molar-refractivity contribution in [1.82, 2.24) is 10.3 Å². The van der Waals surface area contributed by atoms with E-state index in [9.17, 15) is 9.59 Å². The highest BCUT2D eigenvalue weighted by molar-refractivity contribution is 7.14. The van der Waals surface area contributed by atoms with Crippen LogP contribution < -0.4 is 16.0 Å². The molecular weight excluding hydrogens is 352 g/mol. The third-order valence-corrected chi connectivity index (χ3v) is 4.78. The summed E-state index contributed by atoms with van der Waals surface area (Å²) >= 11 is 1.29. The molecule has 0 bridgehead atoms. The standard InChI is InChI=1S/C18H22N4O3S/c1-12-4-6-13(7-5-12)20-17(24)22-18-21-14(11-26-18)9-16(23)19-10-15-3-2-8-25-15/h4-7,11,15H,2-3,8-10H2,1H3,(H,19,23)(H2,20,21,22,24)/t15-/m0/s1. The van der Waals surface area contributed by atoms with Gasteiger partial charge in [-0.1, -0.05) is 17.7 Å². The first-order valence-electron chi connectivity index (χ1n) is 8.56. The van der Waals surface area contributed by atoms with E-state index in [0.29, 0.717) is 23.1 Å². The van der Waals surface area contributed by atoms with E-state index in [1.54, 1.807) is 5.38 Å². The molecule has 1 saturated heterocycles. The Bertz CT molecular complexity index is 754. The molecule has 0 radical (unpaired) electrons. The molecular formula is C18H22N4O3S. The molecule has 0 aliphatic carbocycles. The summed E-state index contributed by atoms with van der Waals surface area (Å²) in [5, 5.41) is 10.5. The summed E-state index contributed by atoms with van der Waals surface area (Å²) < 4.78 is 5.47. The number of ether oxygens (including phenoxy) is 1. The van der Waals surface area contributed by atoms with Gasteiger partial charge in [0.05, 0.1) is 18.2 Å². The number of rotatable bonds is 6. The first-order chi connectivity index (χ1) is 12.6. The number of hydrogen-bond acceptors (Lipinski definition) is 5. The highest BCUT2D eigenvalue weighted by Crippen LogP contribution is 2.17. The van der Waals surface area contributed by atoms with Crippen LogP contribution in [0.3, 0.4) is 0 Å². The number of amides is 3. The maximum Gasteiger partial charge on any atom is 0.325 e. The van der Waals surface area contributed by atoms with Crippen molar-refractivity contribution in [2.24, 2.45) is 0 Å². The van der Waals surface area contributed by atoms with Crippen molar-refractivity contribution in [3.63, 3.8) is 0 Å². The van der Waals surface area contributed by atoms with Gasteiger partial charge in [-0.3, -0.25) is 10.1 Å². The number of nitrogens with zero attached hydrogens (tertiary/aromatic N) is 1. The fraction of sp³-hybridized carbons (Fsp3) is 0.389. The molecule has 1 aromatic carbocycles. The first-order valence-corrected chi connectivity index (χ1v) is 9.44. The van der Waals surface area contributed by atoms with Crippen molar-refractivity contribution < 1.29 is 14.3 Å². The van der Waals surface area contributed by atoms with Crippen LogP contribution in [0.2, 0.25) is 0 Å². The Morgan fingerprint density at radius 1 is 1.27 bits per heavy atom. The lowest BCUT2D eigenvalue weighted by Gasteiger charge is -2.10. The molecule has 1 aromatic heterocycles. The van der Waals surface area contributed by atoms with Gasteiger partial charge in [0.1, 0.15) is 0 Å². The summed E-state index contributed by atoms with van der Waals surface area (Å²) in [6, 6.07) is 7.15. The Kier molecular flexibility index (Phi) is 6.19. The number of aryl methyl sites for hydroxylation is 1. The number of hydrogen-bond donors (Lipinski definition) is 3. The lowest BCUT2D eigenvalue weighted by molar-refractivity contribution is -0.121. The first kappa shape index (κ1) is 18.3. The van der Waals surface area contributed by atoms with Gasteiger partial charge in [0.25, 0.3) is 0 Å². The van der Waals surface area contributed by atoms with Crippen LogP contribution in [0.15, 0.2) is 29.6 Å². The SMILES string of the molecule is Cc1ccc(NC(=O)Nc2nc(CC(=O)NC[C@@H]3CCCO3)cs2)cc1. The summed E-state index contributed by atoms with van der Waals surface area (Å²) in [5.41, 5.74) is 2.46. The molecule has 138 valence electrons. The number of nitrogens with one attached hydrogen (secondary N) is 3. The molecule has 2 aromatic rings. The molecule has 0 saturated carbocycles. The zero-order valence-electron chi connectivity index (χ0n) is 14.6. The van der Waals surface area contributed by atoms with Crippen molar-refractivity contribution in [3.05, 3.63) is 40.9 Å². The van der Waals surface area contributed by atoms with E-state index in [1.165, 1.54) is 11.3 Å². The molecule has 1 aliphatic rings. The number of urea groups is 1. The van der Waals surface area contributed by atoms with Gasteiger partial charge < -0.3 is 15.4 Å². The molecule has 1 aliphatic heterocycles. The highest BCUT2D eigenvalue weighted by atomic mass is 32.1. The molecule has 0 spiro atoms.